The summed E-state index contributed by atoms with van der Waals surface area (Å²) in [5.41, 5.74) is 0. The van der Waals surface area contributed by atoms with Gasteiger partial charge in [0.05, 0.1) is 0 Å². The Kier molecular flexibility index (Phi) is 171. The Balaban J connectivity index is 0. The van der Waals surface area contributed by atoms with E-state index in [1.165, 1.54) is 0 Å². The molecule has 0 heterocycles. The molecule has 0 saturated heterocycles. The average molecular weight is 246 g/mol. The zero-order valence-corrected chi connectivity index (χ0v) is 7.53. The molecule has 0 bridgehead atoms. The molecule has 0 aromatic heterocycles. The van der Waals surface area contributed by atoms with Crippen molar-refractivity contribution in [3.63, 3.8) is 0 Å². The summed E-state index contributed by atoms with van der Waals surface area (Å²) in [6, 6.07) is 0. The van der Waals surface area contributed by atoms with Crippen LogP contribution in [0.1, 0.15) is 0 Å². The van der Waals surface area contributed by atoms with Gasteiger partial charge in [0.15, 0.2) is 0 Å². The molecule has 0 rings (SSSR count). The second-order valence-electron chi connectivity index (χ2n) is 0. The van der Waals surface area contributed by atoms with Gasteiger partial charge in [-0.25, -0.2) is 0 Å². The van der Waals surface area contributed by atoms with E-state index in [1.54, 1.807) is 0 Å². The standard InChI is InChI=1S/Cu.2Ni.Zn. The van der Waals surface area contributed by atoms with Crippen LogP contribution in [0.5, 0.6) is 0 Å². The Morgan fingerprint density at radius 1 is 0.750 bits per heavy atom. The van der Waals surface area contributed by atoms with Crippen LogP contribution in [-0.4, -0.2) is 0 Å². The van der Waals surface area contributed by atoms with Crippen LogP contribution in [0.15, 0.2) is 0 Å². The molecule has 0 aromatic carbocycles. The maximum Gasteiger partial charge on any atom is 0 e. The minimum atomic E-state index is 0. The number of hydrogen-bond acceptors (Lipinski definition) is 0. The van der Waals surface area contributed by atoms with Crippen molar-refractivity contribution >= 4 is 0 Å². The van der Waals surface area contributed by atoms with Gasteiger partial charge < -0.3 is 0 Å². The molecule has 1 radical (unpaired) electrons. The predicted octanol–water partition coefficient (Wildman–Crippen LogP) is -0.0100. The minimum Gasteiger partial charge on any atom is 0 e. The van der Waals surface area contributed by atoms with Crippen LogP contribution in [0.2, 0.25) is 0 Å². The fourth-order valence-electron chi connectivity index (χ4n) is 0. The van der Waals surface area contributed by atoms with E-state index in [1.807, 2.05) is 0 Å². The molecule has 0 N–H and O–H groups in total. The Bertz CT molecular complexity index is 6.00. The van der Waals surface area contributed by atoms with Gasteiger partial charge in [-0.2, -0.15) is 0 Å². The third kappa shape index (κ3) is 8.92. The number of hydrogen-bond donors (Lipinski definition) is 0. The van der Waals surface area contributed by atoms with Crippen molar-refractivity contribution in [2.24, 2.45) is 0 Å². The van der Waals surface area contributed by atoms with Gasteiger partial charge >= 0.3 is 0 Å². The molecule has 0 fully saturated rings. The summed E-state index contributed by atoms with van der Waals surface area (Å²) in [7, 11) is 0. The molecule has 0 spiro atoms. The van der Waals surface area contributed by atoms with Gasteiger partial charge in [0, 0.05) is 69.5 Å². The third-order valence-electron chi connectivity index (χ3n) is 0. The van der Waals surface area contributed by atoms with Gasteiger partial charge in [0.2, 0.25) is 0 Å². The average Bonchev–Trinajstić information content (AvgIpc) is 0. The summed E-state index contributed by atoms with van der Waals surface area (Å²) in [5.74, 6) is 0. The molecule has 33 valence electrons. The zero-order chi connectivity index (χ0) is 0. The first-order chi connectivity index (χ1) is 0. The summed E-state index contributed by atoms with van der Waals surface area (Å²) < 4.78 is 0. The second-order valence-corrected chi connectivity index (χ2v) is 0. The van der Waals surface area contributed by atoms with Crippen LogP contribution in [-0.2, 0) is 69.5 Å². The van der Waals surface area contributed by atoms with E-state index in [-0.39, 0.29) is 69.5 Å². The van der Waals surface area contributed by atoms with Crippen LogP contribution >= 0.6 is 0 Å². The monoisotopic (exact) mass is 243 g/mol. The Morgan fingerprint density at radius 2 is 0.750 bits per heavy atom. The Labute approximate surface area is 68.9 Å². The van der Waals surface area contributed by atoms with Crippen LogP contribution in [0.25, 0.3) is 0 Å². The third-order valence-corrected chi connectivity index (χ3v) is 0. The maximum atomic E-state index is 0. The molecule has 4 heteroatoms. The van der Waals surface area contributed by atoms with Crippen molar-refractivity contribution in [1.82, 2.24) is 0 Å². The van der Waals surface area contributed by atoms with Crippen LogP contribution in [0.4, 0.5) is 0 Å². The summed E-state index contributed by atoms with van der Waals surface area (Å²) >= 11 is 0. The van der Waals surface area contributed by atoms with Gasteiger partial charge in [0.1, 0.15) is 0 Å². The van der Waals surface area contributed by atoms with Crippen molar-refractivity contribution in [3.05, 3.63) is 0 Å². The maximum absolute atomic E-state index is 0. The predicted molar refractivity (Wildman–Crippen MR) is 0 cm³/mol. The first-order valence-electron chi connectivity index (χ1n) is 0. The molecule has 0 aliphatic rings. The molecule has 4 heavy (non-hydrogen) atoms. The smallest absolute Gasteiger partial charge is 0 e. The topological polar surface area (TPSA) is 0 Å². The first kappa shape index (κ1) is 35.6. The van der Waals surface area contributed by atoms with Crippen molar-refractivity contribution in [2.75, 3.05) is 0 Å². The van der Waals surface area contributed by atoms with E-state index in [0.717, 1.165) is 0 Å². The zero-order valence-electron chi connectivity index (χ0n) is 1.64. The quantitative estimate of drug-likeness (QED) is 0.527. The molecule has 0 saturated carbocycles. The summed E-state index contributed by atoms with van der Waals surface area (Å²) in [4.78, 5) is 0. The number of rotatable bonds is 0. The SMILES string of the molecule is [Cu].[Ni].[Ni].[Zn]. The van der Waals surface area contributed by atoms with Crippen LogP contribution in [0.3, 0.4) is 0 Å². The van der Waals surface area contributed by atoms with E-state index in [9.17, 15) is 0 Å². The molecule has 0 aliphatic heterocycles. The molecule has 0 aromatic rings. The Morgan fingerprint density at radius 3 is 0.750 bits per heavy atom. The molecule has 0 aliphatic carbocycles. The fourth-order valence-corrected chi connectivity index (χ4v) is 0. The molecule has 0 atom stereocenters. The van der Waals surface area contributed by atoms with Crippen molar-refractivity contribution in [3.8, 4) is 0 Å². The molecule has 0 nitrogen and oxygen atoms in total. The van der Waals surface area contributed by atoms with Gasteiger partial charge in [-0.1, -0.05) is 0 Å². The molecule has 0 unspecified atom stereocenters. The van der Waals surface area contributed by atoms with Crippen LogP contribution < -0.4 is 0 Å². The second kappa shape index (κ2) is 19.3. The summed E-state index contributed by atoms with van der Waals surface area (Å²) in [6.45, 7) is 0. The minimum absolute atomic E-state index is 0. The van der Waals surface area contributed by atoms with E-state index < -0.39 is 0 Å². The van der Waals surface area contributed by atoms with E-state index in [2.05, 4.69) is 0 Å². The molecule has 0 amide bonds. The molecular weight excluding hydrogens is 246 g/mol. The largest absolute Gasteiger partial charge is 0 e. The Hall–Kier alpha value is 2.13. The van der Waals surface area contributed by atoms with Gasteiger partial charge in [-0.05, 0) is 0 Å². The van der Waals surface area contributed by atoms with E-state index in [4.69, 9.17) is 0 Å². The van der Waals surface area contributed by atoms with Gasteiger partial charge in [0.25, 0.3) is 0 Å². The van der Waals surface area contributed by atoms with Crippen molar-refractivity contribution in [2.45, 2.75) is 0 Å². The van der Waals surface area contributed by atoms with Gasteiger partial charge in [-0.3, -0.25) is 0 Å². The normalized spacial score (nSPS) is 0. The van der Waals surface area contributed by atoms with Gasteiger partial charge in [-0.15, -0.1) is 0 Å². The van der Waals surface area contributed by atoms with Crippen LogP contribution in [0, 0.1) is 0 Å². The van der Waals surface area contributed by atoms with Crippen molar-refractivity contribution in [1.29, 1.82) is 0 Å². The summed E-state index contributed by atoms with van der Waals surface area (Å²) in [5, 5.41) is 0. The van der Waals surface area contributed by atoms with E-state index >= 15 is 0 Å². The molecular formula is CuNi2Zn. The van der Waals surface area contributed by atoms with E-state index in [0.29, 0.717) is 0 Å². The van der Waals surface area contributed by atoms with Crippen molar-refractivity contribution < 1.29 is 69.5 Å². The summed E-state index contributed by atoms with van der Waals surface area (Å²) in [6.07, 6.45) is 0. The fraction of sp³-hybridized carbons (Fsp3) is 0. The first-order valence-corrected chi connectivity index (χ1v) is 0.